The van der Waals surface area contributed by atoms with Gasteiger partial charge in [-0.15, -0.1) is 0 Å². The minimum Gasteiger partial charge on any atom is -0.486 e. The normalized spacial score (nSPS) is 21.5. The summed E-state index contributed by atoms with van der Waals surface area (Å²) in [5, 5.41) is 12.9. The number of nitrogens with one attached hydrogen (secondary N) is 1. The van der Waals surface area contributed by atoms with E-state index in [9.17, 15) is 14.7 Å². The Kier molecular flexibility index (Phi) is 9.18. The number of nitrogens with zero attached hydrogens (tertiary/aromatic N) is 2. The molecule has 8 nitrogen and oxygen atoms in total. The number of benzene rings is 2. The number of fused-ring (bicyclic) bond motifs is 1. The summed E-state index contributed by atoms with van der Waals surface area (Å²) in [5.41, 5.74) is 2.11. The summed E-state index contributed by atoms with van der Waals surface area (Å²) in [4.78, 5) is 30.6. The molecule has 37 heavy (non-hydrogen) atoms. The summed E-state index contributed by atoms with van der Waals surface area (Å²) in [7, 11) is 2.06. The molecule has 2 aliphatic rings. The lowest BCUT2D eigenvalue weighted by Crippen LogP contribution is -2.49. The summed E-state index contributed by atoms with van der Waals surface area (Å²) in [6.07, 6.45) is 1.11. The maximum absolute atomic E-state index is 13.6. The van der Waals surface area contributed by atoms with Gasteiger partial charge in [0.1, 0.15) is 6.10 Å². The third-order valence-electron chi connectivity index (χ3n) is 7.33. The molecule has 3 atom stereocenters. The molecule has 0 saturated carbocycles. The first kappa shape index (κ1) is 27.1. The molecular formula is C29H39N3O5. The SMILES string of the molecule is C[C@H]1CN([C@@H](C)CO)C(=O)c2cccc(NC(=O)C3CCOCC3)c2O[C@@H]1CN(C)Cc1ccccc1. The fourth-order valence-corrected chi connectivity index (χ4v) is 5.02. The molecule has 0 bridgehead atoms. The van der Waals surface area contributed by atoms with Crippen molar-refractivity contribution in [1.29, 1.82) is 0 Å². The maximum atomic E-state index is 13.6. The van der Waals surface area contributed by atoms with Crippen molar-refractivity contribution in [3.05, 3.63) is 59.7 Å². The largest absolute Gasteiger partial charge is 0.486 e. The molecule has 0 unspecified atom stereocenters. The van der Waals surface area contributed by atoms with E-state index in [0.29, 0.717) is 56.1 Å². The molecule has 2 aliphatic heterocycles. The highest BCUT2D eigenvalue weighted by Crippen LogP contribution is 2.35. The van der Waals surface area contributed by atoms with Gasteiger partial charge in [-0.05, 0) is 44.5 Å². The van der Waals surface area contributed by atoms with E-state index in [0.717, 1.165) is 6.54 Å². The summed E-state index contributed by atoms with van der Waals surface area (Å²) in [5.74, 6) is -0.0365. The lowest BCUT2D eigenvalue weighted by Gasteiger charge is -2.38. The molecule has 0 aliphatic carbocycles. The van der Waals surface area contributed by atoms with Gasteiger partial charge in [0.15, 0.2) is 5.75 Å². The highest BCUT2D eigenvalue weighted by molar-refractivity contribution is 6.02. The monoisotopic (exact) mass is 509 g/mol. The number of hydrogen-bond donors (Lipinski definition) is 2. The second-order valence-electron chi connectivity index (χ2n) is 10.4. The minimum absolute atomic E-state index is 0.0106. The van der Waals surface area contributed by atoms with Gasteiger partial charge in [0.05, 0.1) is 23.9 Å². The molecule has 0 radical (unpaired) electrons. The average Bonchev–Trinajstić information content (AvgIpc) is 2.91. The van der Waals surface area contributed by atoms with Crippen molar-refractivity contribution in [2.24, 2.45) is 11.8 Å². The van der Waals surface area contributed by atoms with Crippen LogP contribution in [-0.4, -0.2) is 78.8 Å². The molecule has 0 aromatic heterocycles. The second-order valence-corrected chi connectivity index (χ2v) is 10.4. The quantitative estimate of drug-likeness (QED) is 0.567. The van der Waals surface area contributed by atoms with E-state index in [1.165, 1.54) is 5.56 Å². The van der Waals surface area contributed by atoms with Crippen LogP contribution in [0.2, 0.25) is 0 Å². The minimum atomic E-state index is -0.343. The highest BCUT2D eigenvalue weighted by atomic mass is 16.5. The van der Waals surface area contributed by atoms with Gasteiger partial charge in [0.25, 0.3) is 5.91 Å². The molecule has 200 valence electrons. The topological polar surface area (TPSA) is 91.3 Å². The number of likely N-dealkylation sites (N-methyl/N-ethyl adjacent to an activating group) is 1. The first-order valence-electron chi connectivity index (χ1n) is 13.2. The van der Waals surface area contributed by atoms with Crippen LogP contribution in [0, 0.1) is 11.8 Å². The Morgan fingerprint density at radius 3 is 2.59 bits per heavy atom. The number of hydrogen-bond acceptors (Lipinski definition) is 6. The van der Waals surface area contributed by atoms with Crippen LogP contribution in [0.15, 0.2) is 48.5 Å². The van der Waals surface area contributed by atoms with Gasteiger partial charge in [-0.25, -0.2) is 0 Å². The highest BCUT2D eigenvalue weighted by Gasteiger charge is 2.35. The molecule has 2 heterocycles. The van der Waals surface area contributed by atoms with Crippen molar-refractivity contribution in [2.45, 2.75) is 45.4 Å². The van der Waals surface area contributed by atoms with E-state index in [2.05, 4.69) is 36.3 Å². The van der Waals surface area contributed by atoms with E-state index >= 15 is 0 Å². The molecule has 2 aromatic carbocycles. The van der Waals surface area contributed by atoms with Gasteiger partial charge >= 0.3 is 0 Å². The van der Waals surface area contributed by atoms with Crippen LogP contribution >= 0.6 is 0 Å². The van der Waals surface area contributed by atoms with Crippen molar-refractivity contribution in [3.8, 4) is 5.75 Å². The number of ether oxygens (including phenoxy) is 2. The number of amides is 2. The van der Waals surface area contributed by atoms with Gasteiger partial charge in [-0.3, -0.25) is 14.5 Å². The number of carbonyl (C=O) groups is 2. The zero-order valence-corrected chi connectivity index (χ0v) is 22.1. The van der Waals surface area contributed by atoms with E-state index in [1.54, 1.807) is 23.1 Å². The van der Waals surface area contributed by atoms with Gasteiger partial charge in [-0.2, -0.15) is 0 Å². The number of carbonyl (C=O) groups excluding carboxylic acids is 2. The number of aliphatic hydroxyl groups is 1. The second kappa shape index (κ2) is 12.5. The van der Waals surface area contributed by atoms with Crippen LogP contribution in [0.4, 0.5) is 5.69 Å². The fourth-order valence-electron chi connectivity index (χ4n) is 5.02. The van der Waals surface area contributed by atoms with Crippen LogP contribution < -0.4 is 10.1 Å². The Morgan fingerprint density at radius 2 is 1.89 bits per heavy atom. The Bertz CT molecular complexity index is 1060. The molecule has 8 heteroatoms. The Hall–Kier alpha value is -2.94. The van der Waals surface area contributed by atoms with Crippen LogP contribution in [-0.2, 0) is 16.1 Å². The van der Waals surface area contributed by atoms with Crippen molar-refractivity contribution >= 4 is 17.5 Å². The van der Waals surface area contributed by atoms with E-state index < -0.39 is 0 Å². The van der Waals surface area contributed by atoms with Crippen LogP contribution in [0.5, 0.6) is 5.75 Å². The molecule has 1 fully saturated rings. The van der Waals surface area contributed by atoms with E-state index in [4.69, 9.17) is 9.47 Å². The van der Waals surface area contributed by atoms with Crippen LogP contribution in [0.25, 0.3) is 0 Å². The lowest BCUT2D eigenvalue weighted by atomic mass is 9.98. The number of rotatable bonds is 8. The maximum Gasteiger partial charge on any atom is 0.258 e. The van der Waals surface area contributed by atoms with Crippen molar-refractivity contribution < 1.29 is 24.2 Å². The predicted octanol–water partition coefficient (Wildman–Crippen LogP) is 3.40. The molecule has 1 saturated heterocycles. The molecule has 4 rings (SSSR count). The third-order valence-corrected chi connectivity index (χ3v) is 7.33. The van der Waals surface area contributed by atoms with Crippen LogP contribution in [0.1, 0.15) is 42.6 Å². The molecule has 0 spiro atoms. The Morgan fingerprint density at radius 1 is 1.16 bits per heavy atom. The smallest absolute Gasteiger partial charge is 0.258 e. The molecule has 2 N–H and O–H groups in total. The molecular weight excluding hydrogens is 470 g/mol. The number of para-hydroxylation sites is 1. The Balaban J connectivity index is 1.63. The van der Waals surface area contributed by atoms with Gasteiger partial charge in [-0.1, -0.05) is 43.3 Å². The predicted molar refractivity (Wildman–Crippen MR) is 143 cm³/mol. The van der Waals surface area contributed by atoms with E-state index in [-0.39, 0.29) is 42.4 Å². The molecule has 2 amide bonds. The summed E-state index contributed by atoms with van der Waals surface area (Å²) in [6, 6.07) is 15.2. The summed E-state index contributed by atoms with van der Waals surface area (Å²) in [6.45, 7) is 6.78. The number of anilines is 1. The Labute approximate surface area is 219 Å². The van der Waals surface area contributed by atoms with Crippen molar-refractivity contribution in [2.75, 3.05) is 45.3 Å². The zero-order chi connectivity index (χ0) is 26.4. The standard InChI is InChI=1S/C29H39N3O5/c1-20-16-32(21(2)19-33)29(35)24-10-7-11-25(30-28(34)23-12-14-36-15-13-23)27(24)37-26(20)18-31(3)17-22-8-5-4-6-9-22/h4-11,20-21,23,26,33H,12-19H2,1-3H3,(H,30,34)/t20-,21-,26+/m0/s1. The first-order chi connectivity index (χ1) is 17.9. The van der Waals surface area contributed by atoms with Gasteiger partial charge in [0, 0.05) is 44.7 Å². The third kappa shape index (κ3) is 6.69. The average molecular weight is 510 g/mol. The van der Waals surface area contributed by atoms with Crippen LogP contribution in [0.3, 0.4) is 0 Å². The molecule has 2 aromatic rings. The summed E-state index contributed by atoms with van der Waals surface area (Å²) < 4.78 is 12.0. The zero-order valence-electron chi connectivity index (χ0n) is 22.1. The van der Waals surface area contributed by atoms with E-state index in [1.807, 2.05) is 25.1 Å². The number of aliphatic hydroxyl groups excluding tert-OH is 1. The van der Waals surface area contributed by atoms with Crippen molar-refractivity contribution in [3.63, 3.8) is 0 Å². The first-order valence-corrected chi connectivity index (χ1v) is 13.2. The van der Waals surface area contributed by atoms with Gasteiger partial charge < -0.3 is 24.8 Å². The lowest BCUT2D eigenvalue weighted by molar-refractivity contribution is -0.122. The van der Waals surface area contributed by atoms with Gasteiger partial charge in [0.2, 0.25) is 5.91 Å². The fraction of sp³-hybridized carbons (Fsp3) is 0.517. The summed E-state index contributed by atoms with van der Waals surface area (Å²) >= 11 is 0. The van der Waals surface area contributed by atoms with Crippen molar-refractivity contribution in [1.82, 2.24) is 9.80 Å².